The highest BCUT2D eigenvalue weighted by atomic mass is 31.2. The maximum Gasteiger partial charge on any atom is 0.472 e. The molecule has 0 aromatic heterocycles. The van der Waals surface area contributed by atoms with E-state index in [4.69, 9.17) is 37.0 Å². The van der Waals surface area contributed by atoms with Gasteiger partial charge in [-0.25, -0.2) is 9.13 Å². The van der Waals surface area contributed by atoms with E-state index in [1.807, 2.05) is 18.2 Å². The van der Waals surface area contributed by atoms with E-state index >= 15 is 0 Å². The highest BCUT2D eigenvalue weighted by Crippen LogP contribution is 2.45. The SMILES string of the molecule is CCC=CCC=CCC=CCC=CCC=CCC=CCCC(=O)OCC(COP(=O)(O)OCC(O)COP(=O)(O)OCC(COC(=O)CCCCCCCCCC=CCCCCCC)OC(=O)CCCCCCCC=CCCCCCCCC)OC(=O)CCCCCCCC=CCC=CCCCCC. The number of carbonyl (C=O) groups is 4. The minimum atomic E-state index is -5.00. The number of phosphoric acid groups is 2. The number of unbranched alkanes of at least 4 members (excludes halogenated alkanes) is 30. The number of allylic oxidation sites excluding steroid dienone is 20. The molecule has 0 aromatic carbocycles. The lowest BCUT2D eigenvalue weighted by Crippen LogP contribution is -2.30. The molecule has 0 rings (SSSR count). The number of aliphatic hydroxyl groups is 1. The Morgan fingerprint density at radius 1 is 0.279 bits per heavy atom. The summed E-state index contributed by atoms with van der Waals surface area (Å²) in [7, 11) is -9.99. The molecule has 5 unspecified atom stereocenters. The van der Waals surface area contributed by atoms with Crippen molar-refractivity contribution in [2.24, 2.45) is 0 Å². The number of hydrogen-bond donors (Lipinski definition) is 3. The molecule has 0 fully saturated rings. The van der Waals surface area contributed by atoms with E-state index in [9.17, 15) is 43.2 Å². The van der Waals surface area contributed by atoms with Crippen molar-refractivity contribution in [1.82, 2.24) is 0 Å². The predicted octanol–water partition coefficient (Wildman–Crippen LogP) is 23.9. The third kappa shape index (κ3) is 75.7. The molecule has 0 aliphatic heterocycles. The van der Waals surface area contributed by atoms with E-state index in [0.717, 1.165) is 154 Å². The van der Waals surface area contributed by atoms with Gasteiger partial charge in [0.2, 0.25) is 0 Å². The molecule has 598 valence electrons. The molecular weight excluding hydrogens is 1350 g/mol. The quantitative estimate of drug-likeness (QED) is 0.0169. The summed E-state index contributed by atoms with van der Waals surface area (Å²) in [5, 5.41) is 10.6. The molecule has 0 aliphatic carbocycles. The summed E-state index contributed by atoms with van der Waals surface area (Å²) in [6.45, 7) is 4.63. The van der Waals surface area contributed by atoms with Crippen LogP contribution in [0.5, 0.6) is 0 Å². The van der Waals surface area contributed by atoms with Crippen molar-refractivity contribution >= 4 is 39.5 Å². The van der Waals surface area contributed by atoms with Crippen molar-refractivity contribution in [1.29, 1.82) is 0 Å². The summed E-state index contributed by atoms with van der Waals surface area (Å²) < 4.78 is 68.6. The van der Waals surface area contributed by atoms with Crippen molar-refractivity contribution in [2.45, 2.75) is 354 Å². The van der Waals surface area contributed by atoms with Crippen LogP contribution in [0.15, 0.2) is 122 Å². The van der Waals surface area contributed by atoms with E-state index in [0.29, 0.717) is 32.1 Å². The Kier molecular flexibility index (Phi) is 73.3. The fourth-order valence-electron chi connectivity index (χ4n) is 10.7. The Hall–Kier alpha value is -4.54. The Labute approximate surface area is 632 Å². The Morgan fingerprint density at radius 2 is 0.519 bits per heavy atom. The van der Waals surface area contributed by atoms with Crippen molar-refractivity contribution in [3.05, 3.63) is 122 Å². The molecule has 0 spiro atoms. The van der Waals surface area contributed by atoms with Crippen LogP contribution in [0.4, 0.5) is 0 Å². The van der Waals surface area contributed by atoms with Crippen molar-refractivity contribution in [2.75, 3.05) is 39.6 Å². The van der Waals surface area contributed by atoms with Gasteiger partial charge in [0.1, 0.15) is 19.3 Å². The minimum absolute atomic E-state index is 0.0311. The third-order valence-corrected chi connectivity index (χ3v) is 18.8. The van der Waals surface area contributed by atoms with Crippen LogP contribution in [0.1, 0.15) is 336 Å². The van der Waals surface area contributed by atoms with Crippen LogP contribution in [0.25, 0.3) is 0 Å². The minimum Gasteiger partial charge on any atom is -0.462 e. The van der Waals surface area contributed by atoms with Crippen LogP contribution < -0.4 is 0 Å². The number of esters is 4. The first kappa shape index (κ1) is 99.5. The molecule has 5 atom stereocenters. The number of carbonyl (C=O) groups excluding carboxylic acids is 4. The topological polar surface area (TPSA) is 237 Å². The maximum absolute atomic E-state index is 13.1. The number of aliphatic hydroxyl groups excluding tert-OH is 1. The fraction of sp³-hybridized carbons (Fsp3) is 0.718. The summed E-state index contributed by atoms with van der Waals surface area (Å²) in [6, 6.07) is 0. The van der Waals surface area contributed by atoms with E-state index in [1.165, 1.54) is 96.3 Å². The molecule has 104 heavy (non-hydrogen) atoms. The van der Waals surface area contributed by atoms with Crippen LogP contribution in [0.3, 0.4) is 0 Å². The maximum atomic E-state index is 13.1. The molecule has 0 saturated carbocycles. The Balaban J connectivity index is 5.44. The lowest BCUT2D eigenvalue weighted by atomic mass is 10.1. The molecule has 0 saturated heterocycles. The standard InChI is InChI=1S/C85H146O17P2/c1-5-9-13-17-21-25-29-33-37-38-39-40-44-46-50-54-58-62-66-70-83(88)96-76-81(102-85(90)72-68-64-60-56-52-48-43-36-32-28-24-20-16-12-8-4)78-100-104(93,94)98-74-79(86)73-97-103(91,92)99-77-80(101-84(89)71-67-63-59-55-51-47-42-35-31-27-23-19-15-11-7-3)75-95-82(87)69-65-61-57-53-49-45-41-34-30-26-22-18-14-10-6-2/h9,13,21,24-26,28,30,33,35-37,39-40,42-43,46,50,58,62,79-81,86H,5-8,10-12,14-20,22-23,27,29,31-32,34,38,41,44-45,47-49,51-57,59-61,63-78H2,1-4H3,(H,91,92)(H,93,94). The highest BCUT2D eigenvalue weighted by Gasteiger charge is 2.30. The van der Waals surface area contributed by atoms with Gasteiger partial charge in [-0.15, -0.1) is 0 Å². The van der Waals surface area contributed by atoms with E-state index in [2.05, 4.69) is 131 Å². The number of phosphoric ester groups is 2. The monoisotopic (exact) mass is 1500 g/mol. The molecule has 0 amide bonds. The zero-order valence-corrected chi connectivity index (χ0v) is 67.2. The Bertz CT molecular complexity index is 2440. The smallest absolute Gasteiger partial charge is 0.462 e. The molecule has 17 nitrogen and oxygen atoms in total. The highest BCUT2D eigenvalue weighted by molar-refractivity contribution is 7.47. The number of rotatable bonds is 76. The molecule has 3 N–H and O–H groups in total. The Morgan fingerprint density at radius 3 is 0.865 bits per heavy atom. The first-order valence-electron chi connectivity index (χ1n) is 40.8. The average Bonchev–Trinajstić information content (AvgIpc) is 0.918. The van der Waals surface area contributed by atoms with Crippen molar-refractivity contribution < 1.29 is 80.2 Å². The average molecular weight is 1500 g/mol. The normalized spacial score (nSPS) is 14.5. The van der Waals surface area contributed by atoms with E-state index in [-0.39, 0.29) is 25.7 Å². The van der Waals surface area contributed by atoms with Gasteiger partial charge in [0, 0.05) is 25.7 Å². The molecule has 0 bridgehead atoms. The molecule has 19 heteroatoms. The molecular formula is C85H146O17P2. The zero-order valence-electron chi connectivity index (χ0n) is 65.4. The second-order valence-corrected chi connectivity index (χ2v) is 29.9. The van der Waals surface area contributed by atoms with Crippen LogP contribution in [-0.4, -0.2) is 96.7 Å². The van der Waals surface area contributed by atoms with Crippen LogP contribution in [-0.2, 0) is 65.4 Å². The molecule has 0 heterocycles. The summed E-state index contributed by atoms with van der Waals surface area (Å²) in [6.07, 6.45) is 84.7. The lowest BCUT2D eigenvalue weighted by Gasteiger charge is -2.21. The molecule has 0 radical (unpaired) electrons. The zero-order chi connectivity index (χ0) is 76.0. The molecule has 0 aromatic rings. The summed E-state index contributed by atoms with van der Waals surface area (Å²) in [4.78, 5) is 73.0. The fourth-order valence-corrected chi connectivity index (χ4v) is 12.3. The first-order chi connectivity index (χ1) is 50.7. The van der Waals surface area contributed by atoms with Crippen molar-refractivity contribution in [3.63, 3.8) is 0 Å². The van der Waals surface area contributed by atoms with Gasteiger partial charge in [0.15, 0.2) is 12.2 Å². The van der Waals surface area contributed by atoms with Gasteiger partial charge in [-0.2, -0.15) is 0 Å². The second kappa shape index (κ2) is 76.6. The van der Waals surface area contributed by atoms with Crippen LogP contribution >= 0.6 is 15.6 Å². The van der Waals surface area contributed by atoms with E-state index < -0.39 is 97.5 Å². The summed E-state index contributed by atoms with van der Waals surface area (Å²) in [5.74, 6) is -2.29. The van der Waals surface area contributed by atoms with Gasteiger partial charge in [0.05, 0.1) is 26.4 Å². The van der Waals surface area contributed by atoms with Gasteiger partial charge >= 0.3 is 39.5 Å². The largest absolute Gasteiger partial charge is 0.472 e. The van der Waals surface area contributed by atoms with Crippen molar-refractivity contribution in [3.8, 4) is 0 Å². The van der Waals surface area contributed by atoms with Crippen LogP contribution in [0, 0.1) is 0 Å². The summed E-state index contributed by atoms with van der Waals surface area (Å²) >= 11 is 0. The number of hydrogen-bond acceptors (Lipinski definition) is 15. The summed E-state index contributed by atoms with van der Waals surface area (Å²) in [5.41, 5.74) is 0. The van der Waals surface area contributed by atoms with Gasteiger partial charge < -0.3 is 33.8 Å². The predicted molar refractivity (Wildman–Crippen MR) is 427 cm³/mol. The van der Waals surface area contributed by atoms with Gasteiger partial charge in [-0.1, -0.05) is 284 Å². The van der Waals surface area contributed by atoms with Gasteiger partial charge in [0.25, 0.3) is 0 Å². The third-order valence-electron chi connectivity index (χ3n) is 16.9. The lowest BCUT2D eigenvalue weighted by molar-refractivity contribution is -0.161. The van der Waals surface area contributed by atoms with Gasteiger partial charge in [-0.05, 0) is 148 Å². The van der Waals surface area contributed by atoms with Gasteiger partial charge in [-0.3, -0.25) is 37.3 Å². The van der Waals surface area contributed by atoms with E-state index in [1.54, 1.807) is 0 Å². The first-order valence-corrected chi connectivity index (χ1v) is 43.8. The number of ether oxygens (including phenoxy) is 4. The second-order valence-electron chi connectivity index (χ2n) is 27.0. The van der Waals surface area contributed by atoms with Crippen LogP contribution in [0.2, 0.25) is 0 Å². The molecule has 0 aliphatic rings.